The molecule has 0 saturated carbocycles. The first-order valence-corrected chi connectivity index (χ1v) is 10.7. The molecule has 1 aromatic carbocycles. The van der Waals surface area contributed by atoms with Gasteiger partial charge >= 0.3 is 0 Å². The van der Waals surface area contributed by atoms with Crippen molar-refractivity contribution in [3.05, 3.63) is 47.6 Å². The van der Waals surface area contributed by atoms with Crippen molar-refractivity contribution >= 4 is 22.2 Å². The number of nitrogens with one attached hydrogen (secondary N) is 1. The van der Waals surface area contributed by atoms with Crippen molar-refractivity contribution in [2.24, 2.45) is 0 Å². The molecule has 0 bridgehead atoms. The van der Waals surface area contributed by atoms with Crippen LogP contribution in [0.5, 0.6) is 0 Å². The smallest absolute Gasteiger partial charge is 0.225 e. The SMILES string of the molecule is O=C(Cc1csc2nc(-c3ccccc3)cn12)NCCCCN1CCCC1. The topological polar surface area (TPSA) is 49.6 Å². The normalized spacial score (nSPS) is 14.8. The standard InChI is InChI=1S/C21H26N4OS/c26-20(22-10-4-5-11-24-12-6-7-13-24)14-18-16-27-21-23-19(15-25(18)21)17-8-2-1-3-9-17/h1-3,8-9,15-16H,4-7,10-14H2,(H,22,26). The van der Waals surface area contributed by atoms with Gasteiger partial charge in [-0.2, -0.15) is 0 Å². The van der Waals surface area contributed by atoms with Crippen LogP contribution in [-0.2, 0) is 11.2 Å². The molecule has 1 aliphatic rings. The van der Waals surface area contributed by atoms with Crippen LogP contribution in [0, 0.1) is 0 Å². The number of thiazole rings is 1. The van der Waals surface area contributed by atoms with Crippen LogP contribution in [0.15, 0.2) is 41.9 Å². The number of imidazole rings is 1. The number of hydrogen-bond donors (Lipinski definition) is 1. The monoisotopic (exact) mass is 382 g/mol. The lowest BCUT2D eigenvalue weighted by Gasteiger charge is -2.13. The van der Waals surface area contributed by atoms with E-state index in [0.29, 0.717) is 6.42 Å². The molecule has 1 N–H and O–H groups in total. The van der Waals surface area contributed by atoms with Gasteiger partial charge in [0.15, 0.2) is 4.96 Å². The maximum Gasteiger partial charge on any atom is 0.225 e. The van der Waals surface area contributed by atoms with E-state index in [1.807, 2.05) is 34.2 Å². The number of hydrogen-bond acceptors (Lipinski definition) is 4. The Hall–Kier alpha value is -2.18. The molecule has 0 unspecified atom stereocenters. The molecule has 0 aliphatic carbocycles. The number of fused-ring (bicyclic) bond motifs is 1. The van der Waals surface area contributed by atoms with Gasteiger partial charge in [-0.1, -0.05) is 30.3 Å². The van der Waals surface area contributed by atoms with E-state index < -0.39 is 0 Å². The predicted molar refractivity (Wildman–Crippen MR) is 110 cm³/mol. The molecular formula is C21H26N4OS. The van der Waals surface area contributed by atoms with E-state index >= 15 is 0 Å². The van der Waals surface area contributed by atoms with Crippen LogP contribution in [0.1, 0.15) is 31.4 Å². The first-order valence-electron chi connectivity index (χ1n) is 9.79. The molecule has 1 saturated heterocycles. The molecule has 27 heavy (non-hydrogen) atoms. The van der Waals surface area contributed by atoms with Gasteiger partial charge in [0.1, 0.15) is 0 Å². The lowest BCUT2D eigenvalue weighted by atomic mass is 10.2. The molecule has 3 aromatic rings. The van der Waals surface area contributed by atoms with Crippen molar-refractivity contribution in [1.29, 1.82) is 0 Å². The summed E-state index contributed by atoms with van der Waals surface area (Å²) in [6, 6.07) is 10.1. The number of unbranched alkanes of at least 4 members (excludes halogenated alkanes) is 1. The summed E-state index contributed by atoms with van der Waals surface area (Å²) in [5.74, 6) is 0.0887. The second-order valence-corrected chi connectivity index (χ2v) is 7.99. The lowest BCUT2D eigenvalue weighted by Crippen LogP contribution is -2.27. The zero-order valence-electron chi connectivity index (χ0n) is 15.6. The van der Waals surface area contributed by atoms with Gasteiger partial charge in [0, 0.05) is 29.4 Å². The minimum atomic E-state index is 0.0887. The van der Waals surface area contributed by atoms with Crippen molar-refractivity contribution in [1.82, 2.24) is 19.6 Å². The number of benzene rings is 1. The lowest BCUT2D eigenvalue weighted by molar-refractivity contribution is -0.120. The van der Waals surface area contributed by atoms with Crippen LogP contribution < -0.4 is 5.32 Å². The van der Waals surface area contributed by atoms with Gasteiger partial charge in [-0.05, 0) is 45.3 Å². The Morgan fingerprint density at radius 3 is 2.78 bits per heavy atom. The molecule has 6 heteroatoms. The van der Waals surface area contributed by atoms with Gasteiger partial charge in [0.05, 0.1) is 12.1 Å². The zero-order valence-corrected chi connectivity index (χ0v) is 16.4. The molecule has 2 aromatic heterocycles. The molecule has 3 heterocycles. The fourth-order valence-corrected chi connectivity index (χ4v) is 4.50. The zero-order chi connectivity index (χ0) is 18.5. The molecule has 0 atom stereocenters. The molecule has 1 amide bonds. The summed E-state index contributed by atoms with van der Waals surface area (Å²) in [5, 5.41) is 5.09. The fraction of sp³-hybridized carbons (Fsp3) is 0.429. The first-order chi connectivity index (χ1) is 13.3. The minimum Gasteiger partial charge on any atom is -0.356 e. The van der Waals surface area contributed by atoms with Gasteiger partial charge in [0.2, 0.25) is 5.91 Å². The van der Waals surface area contributed by atoms with Gasteiger partial charge in [-0.15, -0.1) is 11.3 Å². The number of carbonyl (C=O) groups excluding carboxylic acids is 1. The number of carbonyl (C=O) groups is 1. The van der Waals surface area contributed by atoms with E-state index in [9.17, 15) is 4.79 Å². The molecule has 0 radical (unpaired) electrons. The number of aromatic nitrogens is 2. The van der Waals surface area contributed by atoms with E-state index in [-0.39, 0.29) is 5.91 Å². The molecule has 4 rings (SSSR count). The third-order valence-corrected chi connectivity index (χ3v) is 6.01. The van der Waals surface area contributed by atoms with Gasteiger partial charge in [0.25, 0.3) is 0 Å². The van der Waals surface area contributed by atoms with E-state index in [2.05, 4.69) is 27.3 Å². The molecule has 0 spiro atoms. The summed E-state index contributed by atoms with van der Waals surface area (Å²) in [4.78, 5) is 20.4. The van der Waals surface area contributed by atoms with Gasteiger partial charge in [-0.3, -0.25) is 9.20 Å². The first kappa shape index (κ1) is 18.2. The van der Waals surface area contributed by atoms with Crippen LogP contribution in [0.2, 0.25) is 0 Å². The highest BCUT2D eigenvalue weighted by atomic mass is 32.1. The average molecular weight is 383 g/mol. The molecule has 1 aliphatic heterocycles. The highest BCUT2D eigenvalue weighted by Gasteiger charge is 2.13. The van der Waals surface area contributed by atoms with Crippen molar-refractivity contribution in [3.63, 3.8) is 0 Å². The second kappa shape index (κ2) is 8.67. The summed E-state index contributed by atoms with van der Waals surface area (Å²) in [6.45, 7) is 4.42. The quantitative estimate of drug-likeness (QED) is 0.606. The Morgan fingerprint density at radius 1 is 1.15 bits per heavy atom. The van der Waals surface area contributed by atoms with Gasteiger partial charge < -0.3 is 10.2 Å². The Labute approximate surface area is 164 Å². The maximum atomic E-state index is 12.3. The van der Waals surface area contributed by atoms with Gasteiger partial charge in [-0.25, -0.2) is 4.98 Å². The molecule has 142 valence electrons. The van der Waals surface area contributed by atoms with Crippen LogP contribution in [-0.4, -0.2) is 46.4 Å². The number of amides is 1. The second-order valence-electron chi connectivity index (χ2n) is 7.15. The van der Waals surface area contributed by atoms with Crippen molar-refractivity contribution in [2.45, 2.75) is 32.1 Å². The van der Waals surface area contributed by atoms with E-state index in [4.69, 9.17) is 0 Å². The summed E-state index contributed by atoms with van der Waals surface area (Å²) >= 11 is 1.58. The Balaban J connectivity index is 1.27. The van der Waals surface area contributed by atoms with Crippen molar-refractivity contribution in [3.8, 4) is 11.3 Å². The number of rotatable bonds is 8. The summed E-state index contributed by atoms with van der Waals surface area (Å²) < 4.78 is 2.04. The third-order valence-electron chi connectivity index (χ3n) is 5.12. The minimum absolute atomic E-state index is 0.0887. The Bertz CT molecular complexity index is 880. The van der Waals surface area contributed by atoms with E-state index in [1.54, 1.807) is 11.3 Å². The predicted octanol–water partition coefficient (Wildman–Crippen LogP) is 3.60. The van der Waals surface area contributed by atoms with Crippen molar-refractivity contribution in [2.75, 3.05) is 26.2 Å². The summed E-state index contributed by atoms with van der Waals surface area (Å²) in [7, 11) is 0. The average Bonchev–Trinajstić information content (AvgIpc) is 3.41. The summed E-state index contributed by atoms with van der Waals surface area (Å²) in [5.41, 5.74) is 3.05. The van der Waals surface area contributed by atoms with Crippen LogP contribution in [0.3, 0.4) is 0 Å². The number of nitrogens with zero attached hydrogens (tertiary/aromatic N) is 3. The van der Waals surface area contributed by atoms with E-state index in [1.165, 1.54) is 32.5 Å². The van der Waals surface area contributed by atoms with Crippen LogP contribution in [0.4, 0.5) is 0 Å². The largest absolute Gasteiger partial charge is 0.356 e. The maximum absolute atomic E-state index is 12.3. The third kappa shape index (κ3) is 4.57. The van der Waals surface area contributed by atoms with E-state index in [0.717, 1.165) is 41.3 Å². The molecular weight excluding hydrogens is 356 g/mol. The Kier molecular flexibility index (Phi) is 5.84. The molecule has 5 nitrogen and oxygen atoms in total. The molecule has 1 fully saturated rings. The fourth-order valence-electron chi connectivity index (χ4n) is 3.63. The Morgan fingerprint density at radius 2 is 1.96 bits per heavy atom. The van der Waals surface area contributed by atoms with Crippen LogP contribution in [0.25, 0.3) is 16.2 Å². The highest BCUT2D eigenvalue weighted by molar-refractivity contribution is 7.15. The summed E-state index contributed by atoms with van der Waals surface area (Å²) in [6.07, 6.45) is 7.31. The van der Waals surface area contributed by atoms with Crippen LogP contribution >= 0.6 is 11.3 Å². The number of likely N-dealkylation sites (tertiary alicyclic amines) is 1. The highest BCUT2D eigenvalue weighted by Crippen LogP contribution is 2.23. The van der Waals surface area contributed by atoms with Crippen molar-refractivity contribution < 1.29 is 4.79 Å².